The average molecular weight is 317 g/mol. The van der Waals surface area contributed by atoms with Gasteiger partial charge in [-0.1, -0.05) is 12.1 Å². The summed E-state index contributed by atoms with van der Waals surface area (Å²) in [6, 6.07) is 8.72. The summed E-state index contributed by atoms with van der Waals surface area (Å²) in [6.45, 7) is 0.174. The maximum absolute atomic E-state index is 13.5. The van der Waals surface area contributed by atoms with Gasteiger partial charge >= 0.3 is 0 Å². The zero-order chi connectivity index (χ0) is 16.4. The number of methoxy groups -OCH3 is 1. The maximum atomic E-state index is 13.5. The van der Waals surface area contributed by atoms with Crippen LogP contribution in [0, 0.1) is 5.82 Å². The summed E-state index contributed by atoms with van der Waals surface area (Å²) < 4.78 is 18.4. The normalized spacial score (nSPS) is 20.6. The highest BCUT2D eigenvalue weighted by atomic mass is 19.1. The minimum atomic E-state index is -0.654. The van der Waals surface area contributed by atoms with E-state index in [9.17, 15) is 14.3 Å². The van der Waals surface area contributed by atoms with E-state index in [0.29, 0.717) is 17.9 Å². The van der Waals surface area contributed by atoms with Gasteiger partial charge in [0, 0.05) is 12.6 Å². The van der Waals surface area contributed by atoms with Crippen molar-refractivity contribution >= 4 is 5.91 Å². The van der Waals surface area contributed by atoms with Crippen LogP contribution in [0.15, 0.2) is 36.4 Å². The highest BCUT2D eigenvalue weighted by Crippen LogP contribution is 2.33. The van der Waals surface area contributed by atoms with E-state index in [1.807, 2.05) is 0 Å². The van der Waals surface area contributed by atoms with E-state index in [-0.39, 0.29) is 24.0 Å². The Balaban J connectivity index is 1.87. The van der Waals surface area contributed by atoms with Gasteiger partial charge in [0.05, 0.1) is 19.3 Å². The van der Waals surface area contributed by atoms with E-state index in [2.05, 4.69) is 10.2 Å². The zero-order valence-corrected chi connectivity index (χ0v) is 12.5. The number of hydrogen-bond acceptors (Lipinski definition) is 5. The molecule has 0 aliphatic carbocycles. The van der Waals surface area contributed by atoms with Crippen LogP contribution in [0.2, 0.25) is 0 Å². The number of aliphatic hydroxyl groups excluding tert-OH is 1. The van der Waals surface area contributed by atoms with Crippen molar-refractivity contribution in [3.05, 3.63) is 53.5 Å². The monoisotopic (exact) mass is 317 g/mol. The molecule has 2 aromatic rings. The van der Waals surface area contributed by atoms with E-state index >= 15 is 0 Å². The Hall–Kier alpha value is -2.54. The predicted molar refractivity (Wildman–Crippen MR) is 79.4 cm³/mol. The summed E-state index contributed by atoms with van der Waals surface area (Å²) >= 11 is 0. The van der Waals surface area contributed by atoms with Gasteiger partial charge in [-0.2, -0.15) is 0 Å². The number of aromatic nitrogens is 2. The maximum Gasteiger partial charge on any atom is 0.274 e. The van der Waals surface area contributed by atoms with Crippen LogP contribution in [0.1, 0.15) is 28.5 Å². The third kappa shape index (κ3) is 3.14. The van der Waals surface area contributed by atoms with Crippen molar-refractivity contribution in [3.8, 4) is 5.88 Å². The Kier molecular flexibility index (Phi) is 4.20. The number of carbonyl (C=O) groups excluding carboxylic acids is 1. The first-order valence-electron chi connectivity index (χ1n) is 7.20. The lowest BCUT2D eigenvalue weighted by atomic mass is 10.0. The summed E-state index contributed by atoms with van der Waals surface area (Å²) in [4.78, 5) is 14.1. The van der Waals surface area contributed by atoms with E-state index in [1.165, 1.54) is 30.2 Å². The van der Waals surface area contributed by atoms with Crippen molar-refractivity contribution in [1.29, 1.82) is 0 Å². The van der Waals surface area contributed by atoms with Crippen LogP contribution in [0.3, 0.4) is 0 Å². The molecular weight excluding hydrogens is 301 g/mol. The van der Waals surface area contributed by atoms with Crippen LogP contribution < -0.4 is 4.74 Å². The lowest BCUT2D eigenvalue weighted by Crippen LogP contribution is -2.32. The zero-order valence-electron chi connectivity index (χ0n) is 12.5. The first-order chi connectivity index (χ1) is 11.1. The minimum absolute atomic E-state index is 0.154. The SMILES string of the molecule is COc1ccc(C(=O)N2C[C@H](O)C[C@H]2c2cccc(F)c2)nn1. The molecule has 1 aromatic carbocycles. The number of benzene rings is 1. The number of carbonyl (C=O) groups is 1. The van der Waals surface area contributed by atoms with Crippen LogP contribution in [-0.4, -0.2) is 45.9 Å². The molecule has 0 saturated carbocycles. The molecule has 7 heteroatoms. The Labute approximate surface area is 132 Å². The van der Waals surface area contributed by atoms with Gasteiger partial charge in [0.1, 0.15) is 5.82 Å². The van der Waals surface area contributed by atoms with Crippen molar-refractivity contribution < 1.29 is 19.0 Å². The molecular formula is C16H16FN3O3. The number of amides is 1. The Morgan fingerprint density at radius 1 is 1.35 bits per heavy atom. The van der Waals surface area contributed by atoms with Crippen molar-refractivity contribution in [2.45, 2.75) is 18.6 Å². The van der Waals surface area contributed by atoms with Gasteiger partial charge < -0.3 is 14.7 Å². The fraction of sp³-hybridized carbons (Fsp3) is 0.312. The molecule has 0 radical (unpaired) electrons. The molecule has 23 heavy (non-hydrogen) atoms. The van der Waals surface area contributed by atoms with Gasteiger partial charge in [0.25, 0.3) is 5.91 Å². The number of aliphatic hydroxyl groups is 1. The number of likely N-dealkylation sites (tertiary alicyclic amines) is 1. The molecule has 1 aliphatic rings. The summed E-state index contributed by atoms with van der Waals surface area (Å²) in [6.07, 6.45) is -0.294. The van der Waals surface area contributed by atoms with Crippen LogP contribution in [0.25, 0.3) is 0 Å². The molecule has 1 aliphatic heterocycles. The van der Waals surface area contributed by atoms with Crippen LogP contribution in [0.4, 0.5) is 4.39 Å². The summed E-state index contributed by atoms with van der Waals surface area (Å²) in [7, 11) is 1.46. The van der Waals surface area contributed by atoms with Crippen molar-refractivity contribution in [2.24, 2.45) is 0 Å². The first kappa shape index (κ1) is 15.4. The van der Waals surface area contributed by atoms with E-state index in [0.717, 1.165) is 0 Å². The molecule has 2 atom stereocenters. The molecule has 1 aromatic heterocycles. The second-order valence-corrected chi connectivity index (χ2v) is 5.38. The number of halogens is 1. The molecule has 1 fully saturated rings. The van der Waals surface area contributed by atoms with Gasteiger partial charge in [0.15, 0.2) is 5.69 Å². The topological polar surface area (TPSA) is 75.5 Å². The molecule has 2 heterocycles. The summed E-state index contributed by atoms with van der Waals surface area (Å²) in [5.74, 6) is -0.420. The largest absolute Gasteiger partial charge is 0.480 e. The third-order valence-electron chi connectivity index (χ3n) is 3.84. The Morgan fingerprint density at radius 2 is 2.17 bits per heavy atom. The first-order valence-corrected chi connectivity index (χ1v) is 7.20. The Morgan fingerprint density at radius 3 is 2.83 bits per heavy atom. The molecule has 1 amide bonds. The molecule has 120 valence electrons. The van der Waals surface area contributed by atoms with Gasteiger partial charge in [-0.25, -0.2) is 4.39 Å². The molecule has 0 unspecified atom stereocenters. The fourth-order valence-corrected chi connectivity index (χ4v) is 2.76. The molecule has 0 bridgehead atoms. The van der Waals surface area contributed by atoms with Gasteiger partial charge in [-0.3, -0.25) is 4.79 Å². The van der Waals surface area contributed by atoms with Crippen molar-refractivity contribution in [1.82, 2.24) is 15.1 Å². The van der Waals surface area contributed by atoms with E-state index in [4.69, 9.17) is 4.74 Å². The summed E-state index contributed by atoms with van der Waals surface area (Å²) in [5, 5.41) is 17.6. The number of ether oxygens (including phenoxy) is 1. The minimum Gasteiger partial charge on any atom is -0.480 e. The Bertz CT molecular complexity index is 708. The number of rotatable bonds is 3. The van der Waals surface area contributed by atoms with Crippen molar-refractivity contribution in [3.63, 3.8) is 0 Å². The van der Waals surface area contributed by atoms with Crippen LogP contribution in [0.5, 0.6) is 5.88 Å². The van der Waals surface area contributed by atoms with Gasteiger partial charge in [-0.05, 0) is 30.2 Å². The molecule has 1 saturated heterocycles. The fourth-order valence-electron chi connectivity index (χ4n) is 2.76. The standard InChI is InChI=1S/C16H16FN3O3/c1-23-15-6-5-13(18-19-15)16(22)20-9-12(21)8-14(20)10-3-2-4-11(17)7-10/h2-7,12,14,21H,8-9H2,1H3/t12-,14+/m1/s1. The van der Waals surface area contributed by atoms with Crippen molar-refractivity contribution in [2.75, 3.05) is 13.7 Å². The molecule has 6 nitrogen and oxygen atoms in total. The summed E-state index contributed by atoms with van der Waals surface area (Å²) in [5.41, 5.74) is 0.803. The highest BCUT2D eigenvalue weighted by molar-refractivity contribution is 5.92. The highest BCUT2D eigenvalue weighted by Gasteiger charge is 2.36. The number of hydrogen-bond donors (Lipinski definition) is 1. The quantitative estimate of drug-likeness (QED) is 0.930. The lowest BCUT2D eigenvalue weighted by molar-refractivity contribution is 0.0708. The predicted octanol–water partition coefficient (Wildman–Crippen LogP) is 1.57. The third-order valence-corrected chi connectivity index (χ3v) is 3.84. The van der Waals surface area contributed by atoms with Gasteiger partial charge in [-0.15, -0.1) is 10.2 Å². The van der Waals surface area contributed by atoms with E-state index in [1.54, 1.807) is 18.2 Å². The second-order valence-electron chi connectivity index (χ2n) is 5.38. The number of nitrogens with zero attached hydrogens (tertiary/aromatic N) is 3. The smallest absolute Gasteiger partial charge is 0.274 e. The van der Waals surface area contributed by atoms with Crippen LogP contribution >= 0.6 is 0 Å². The van der Waals surface area contributed by atoms with E-state index < -0.39 is 12.1 Å². The van der Waals surface area contributed by atoms with Crippen LogP contribution in [-0.2, 0) is 0 Å². The molecule has 0 spiro atoms. The van der Waals surface area contributed by atoms with Gasteiger partial charge in [0.2, 0.25) is 5.88 Å². The average Bonchev–Trinajstić information content (AvgIpc) is 2.96. The second kappa shape index (κ2) is 6.29. The number of β-amino-alcohol motifs (C(OH)–C–C–N with tert-alkyl or cyclic N) is 1. The molecule has 3 rings (SSSR count). The lowest BCUT2D eigenvalue weighted by Gasteiger charge is -2.24. The molecule has 1 N–H and O–H groups in total.